The molecule has 1 fully saturated rings. The third-order valence-corrected chi connectivity index (χ3v) is 5.20. The fourth-order valence-corrected chi connectivity index (χ4v) is 3.53. The molecule has 28 heavy (non-hydrogen) atoms. The number of carbonyl (C=O) groups is 2. The normalized spacial score (nSPS) is 14.4. The number of carbonyl (C=O) groups excluding carboxylic acids is 2. The van der Waals surface area contributed by atoms with Crippen molar-refractivity contribution in [2.75, 3.05) is 17.2 Å². The van der Waals surface area contributed by atoms with E-state index in [2.05, 4.69) is 16.0 Å². The number of rotatable bonds is 6. The summed E-state index contributed by atoms with van der Waals surface area (Å²) in [4.78, 5) is 24.6. The van der Waals surface area contributed by atoms with E-state index in [9.17, 15) is 9.59 Å². The fourth-order valence-electron chi connectivity index (χ4n) is 3.53. The van der Waals surface area contributed by atoms with Gasteiger partial charge in [-0.2, -0.15) is 0 Å². The zero-order valence-electron chi connectivity index (χ0n) is 16.7. The molecule has 5 nitrogen and oxygen atoms in total. The molecular formula is C23H29N3O2. The molecule has 1 aliphatic rings. The van der Waals surface area contributed by atoms with E-state index in [0.29, 0.717) is 11.3 Å². The van der Waals surface area contributed by atoms with Gasteiger partial charge in [0.15, 0.2) is 0 Å². The van der Waals surface area contributed by atoms with Crippen molar-refractivity contribution in [2.24, 2.45) is 0 Å². The topological polar surface area (TPSA) is 70.2 Å². The summed E-state index contributed by atoms with van der Waals surface area (Å²) >= 11 is 0. The quantitative estimate of drug-likeness (QED) is 0.696. The summed E-state index contributed by atoms with van der Waals surface area (Å²) in [6.45, 7) is 4.22. The minimum Gasteiger partial charge on any atom is -0.376 e. The maximum atomic E-state index is 12.4. The van der Waals surface area contributed by atoms with Gasteiger partial charge in [0.05, 0.1) is 6.54 Å². The Morgan fingerprint density at radius 3 is 2.39 bits per heavy atom. The number of hydrogen-bond acceptors (Lipinski definition) is 3. The van der Waals surface area contributed by atoms with Crippen LogP contribution in [0.3, 0.4) is 0 Å². The first-order chi connectivity index (χ1) is 13.5. The molecule has 0 aromatic heterocycles. The predicted octanol–water partition coefficient (Wildman–Crippen LogP) is 4.42. The second-order valence-electron chi connectivity index (χ2n) is 7.61. The Morgan fingerprint density at radius 2 is 1.68 bits per heavy atom. The summed E-state index contributed by atoms with van der Waals surface area (Å²) in [6, 6.07) is 13.5. The average Bonchev–Trinajstić information content (AvgIpc) is 2.70. The second kappa shape index (κ2) is 9.40. The van der Waals surface area contributed by atoms with Crippen molar-refractivity contribution in [3.8, 4) is 0 Å². The molecule has 0 atom stereocenters. The maximum absolute atomic E-state index is 12.4. The molecule has 3 rings (SSSR count). The molecule has 2 aromatic rings. The van der Waals surface area contributed by atoms with Crippen LogP contribution in [0.4, 0.5) is 11.4 Å². The van der Waals surface area contributed by atoms with Gasteiger partial charge in [0.2, 0.25) is 5.91 Å². The third-order valence-electron chi connectivity index (χ3n) is 5.20. The molecule has 1 saturated carbocycles. The lowest BCUT2D eigenvalue weighted by Crippen LogP contribution is -2.36. The van der Waals surface area contributed by atoms with E-state index in [0.717, 1.165) is 29.7 Å². The van der Waals surface area contributed by atoms with Crippen LogP contribution in [0.25, 0.3) is 0 Å². The van der Waals surface area contributed by atoms with Crippen molar-refractivity contribution in [2.45, 2.75) is 52.0 Å². The Hall–Kier alpha value is -2.82. The third kappa shape index (κ3) is 5.59. The number of aryl methyl sites for hydroxylation is 2. The van der Waals surface area contributed by atoms with Gasteiger partial charge in [-0.25, -0.2) is 0 Å². The van der Waals surface area contributed by atoms with Gasteiger partial charge in [0.25, 0.3) is 5.91 Å². The Balaban J connectivity index is 1.49. The average molecular weight is 380 g/mol. The molecule has 148 valence electrons. The highest BCUT2D eigenvalue weighted by Crippen LogP contribution is 2.19. The number of anilines is 2. The second-order valence-corrected chi connectivity index (χ2v) is 7.61. The summed E-state index contributed by atoms with van der Waals surface area (Å²) in [6.07, 6.45) is 5.76. The molecule has 0 aliphatic heterocycles. The maximum Gasteiger partial charge on any atom is 0.251 e. The summed E-state index contributed by atoms with van der Waals surface area (Å²) in [5, 5.41) is 9.14. The highest BCUT2D eigenvalue weighted by Gasteiger charge is 2.16. The van der Waals surface area contributed by atoms with E-state index in [4.69, 9.17) is 0 Å². The van der Waals surface area contributed by atoms with Crippen molar-refractivity contribution in [1.82, 2.24) is 5.32 Å². The summed E-state index contributed by atoms with van der Waals surface area (Å²) in [5.41, 5.74) is 4.52. The Kier molecular flexibility index (Phi) is 6.69. The van der Waals surface area contributed by atoms with Crippen molar-refractivity contribution in [3.05, 3.63) is 59.2 Å². The largest absolute Gasteiger partial charge is 0.376 e. The molecule has 0 heterocycles. The van der Waals surface area contributed by atoms with E-state index in [-0.39, 0.29) is 24.4 Å². The van der Waals surface area contributed by atoms with Crippen molar-refractivity contribution in [3.63, 3.8) is 0 Å². The predicted molar refractivity (Wildman–Crippen MR) is 114 cm³/mol. The lowest BCUT2D eigenvalue weighted by atomic mass is 9.95. The number of nitrogens with one attached hydrogen (secondary N) is 3. The van der Waals surface area contributed by atoms with Crippen molar-refractivity contribution in [1.29, 1.82) is 0 Å². The Bertz CT molecular complexity index is 824. The van der Waals surface area contributed by atoms with Gasteiger partial charge in [-0.05, 0) is 68.1 Å². The van der Waals surface area contributed by atoms with E-state index >= 15 is 0 Å². The lowest BCUT2D eigenvalue weighted by molar-refractivity contribution is -0.114. The molecule has 0 saturated heterocycles. The van der Waals surface area contributed by atoms with Gasteiger partial charge in [-0.1, -0.05) is 31.4 Å². The first-order valence-electron chi connectivity index (χ1n) is 10.0. The smallest absolute Gasteiger partial charge is 0.251 e. The molecule has 5 heteroatoms. The van der Waals surface area contributed by atoms with Gasteiger partial charge in [-0.15, -0.1) is 0 Å². The van der Waals surface area contributed by atoms with Crippen LogP contribution in [-0.2, 0) is 4.79 Å². The van der Waals surface area contributed by atoms with Gasteiger partial charge in [0.1, 0.15) is 0 Å². The number of amides is 2. The molecule has 0 unspecified atom stereocenters. The molecule has 3 N–H and O–H groups in total. The van der Waals surface area contributed by atoms with Crippen LogP contribution in [0.5, 0.6) is 0 Å². The molecule has 0 bridgehead atoms. The van der Waals surface area contributed by atoms with Crippen molar-refractivity contribution >= 4 is 23.2 Å². The fraction of sp³-hybridized carbons (Fsp3) is 0.391. The minimum absolute atomic E-state index is 0.0404. The standard InChI is InChI=1S/C23H29N3O2/c1-16-8-9-17(2)21(14-16)24-15-22(27)25-20-12-10-18(11-13-20)23(28)26-19-6-4-3-5-7-19/h8-14,19,24H,3-7,15H2,1-2H3,(H,25,27)(H,26,28). The first-order valence-corrected chi connectivity index (χ1v) is 10.0. The molecule has 0 spiro atoms. The highest BCUT2D eigenvalue weighted by atomic mass is 16.2. The van der Waals surface area contributed by atoms with E-state index in [1.807, 2.05) is 32.0 Å². The van der Waals surface area contributed by atoms with Crippen LogP contribution in [0.2, 0.25) is 0 Å². The van der Waals surface area contributed by atoms with Crippen LogP contribution in [-0.4, -0.2) is 24.4 Å². The van der Waals surface area contributed by atoms with Crippen LogP contribution >= 0.6 is 0 Å². The zero-order valence-corrected chi connectivity index (χ0v) is 16.7. The van der Waals surface area contributed by atoms with Crippen LogP contribution in [0.15, 0.2) is 42.5 Å². The Morgan fingerprint density at radius 1 is 0.964 bits per heavy atom. The van der Waals surface area contributed by atoms with Crippen LogP contribution in [0, 0.1) is 13.8 Å². The molecular weight excluding hydrogens is 350 g/mol. The highest BCUT2D eigenvalue weighted by molar-refractivity contribution is 5.96. The van der Waals surface area contributed by atoms with Gasteiger partial charge in [0, 0.05) is 23.0 Å². The summed E-state index contributed by atoms with van der Waals surface area (Å²) < 4.78 is 0. The monoisotopic (exact) mass is 379 g/mol. The molecule has 0 radical (unpaired) electrons. The van der Waals surface area contributed by atoms with Gasteiger partial charge >= 0.3 is 0 Å². The van der Waals surface area contributed by atoms with E-state index < -0.39 is 0 Å². The molecule has 2 amide bonds. The zero-order chi connectivity index (χ0) is 19.9. The Labute approximate surface area is 166 Å². The molecule has 2 aromatic carbocycles. The van der Waals surface area contributed by atoms with E-state index in [1.54, 1.807) is 24.3 Å². The number of hydrogen-bond donors (Lipinski definition) is 3. The minimum atomic E-state index is -0.125. The van der Waals surface area contributed by atoms with Gasteiger partial charge in [-0.3, -0.25) is 9.59 Å². The summed E-state index contributed by atoms with van der Waals surface area (Å²) in [7, 11) is 0. The number of benzene rings is 2. The van der Waals surface area contributed by atoms with E-state index in [1.165, 1.54) is 19.3 Å². The van der Waals surface area contributed by atoms with Gasteiger partial charge < -0.3 is 16.0 Å². The first kappa shape index (κ1) is 19.9. The van der Waals surface area contributed by atoms with Crippen LogP contribution in [0.1, 0.15) is 53.6 Å². The van der Waals surface area contributed by atoms with Crippen molar-refractivity contribution < 1.29 is 9.59 Å². The summed E-state index contributed by atoms with van der Waals surface area (Å²) in [5.74, 6) is -0.165. The van der Waals surface area contributed by atoms with Crippen LogP contribution < -0.4 is 16.0 Å². The SMILES string of the molecule is Cc1ccc(C)c(NCC(=O)Nc2ccc(C(=O)NC3CCCCC3)cc2)c1. The molecule has 1 aliphatic carbocycles. The lowest BCUT2D eigenvalue weighted by Gasteiger charge is -2.22.